The molecule has 2 fully saturated rings. The number of rotatable bonds is 6. The minimum absolute atomic E-state index is 0.0521. The molecule has 3 heterocycles. The van der Waals surface area contributed by atoms with Gasteiger partial charge in [0, 0.05) is 13.1 Å². The Labute approximate surface area is 137 Å². The molecular formula is C17H26N4O2. The summed E-state index contributed by atoms with van der Waals surface area (Å²) < 4.78 is 5.78. The zero-order chi connectivity index (χ0) is 15.9. The van der Waals surface area contributed by atoms with Gasteiger partial charge < -0.3 is 20.3 Å². The van der Waals surface area contributed by atoms with Crippen molar-refractivity contribution in [1.82, 2.24) is 15.6 Å². The first-order valence-corrected chi connectivity index (χ1v) is 8.62. The Balaban J connectivity index is 1.39. The van der Waals surface area contributed by atoms with Crippen molar-refractivity contribution in [3.05, 3.63) is 18.3 Å². The summed E-state index contributed by atoms with van der Waals surface area (Å²) in [5.74, 6) is 2.55. The normalized spacial score (nSPS) is 19.5. The van der Waals surface area contributed by atoms with Crippen LogP contribution in [0.15, 0.2) is 18.3 Å². The Kier molecular flexibility index (Phi) is 5.69. The summed E-state index contributed by atoms with van der Waals surface area (Å²) in [7, 11) is 0. The van der Waals surface area contributed by atoms with Gasteiger partial charge in [-0.25, -0.2) is 4.98 Å². The monoisotopic (exact) mass is 318 g/mol. The van der Waals surface area contributed by atoms with E-state index in [0.717, 1.165) is 50.1 Å². The van der Waals surface area contributed by atoms with Crippen molar-refractivity contribution in [3.8, 4) is 5.75 Å². The standard InChI is InChI=1S/C17H26N4O2/c22-17-13-21(10-9-19-17)16-4-3-15(12-20-16)23-11-1-2-14-5-7-18-8-6-14/h3-4,12,14,18H,1-2,5-11,13H2,(H,19,22). The molecule has 6 nitrogen and oxygen atoms in total. The van der Waals surface area contributed by atoms with Gasteiger partial charge in [-0.1, -0.05) is 0 Å². The Hall–Kier alpha value is -1.82. The summed E-state index contributed by atoms with van der Waals surface area (Å²) in [6.45, 7) is 4.92. The fraction of sp³-hybridized carbons (Fsp3) is 0.647. The third-order valence-corrected chi connectivity index (χ3v) is 4.57. The zero-order valence-electron chi connectivity index (χ0n) is 13.6. The highest BCUT2D eigenvalue weighted by Crippen LogP contribution is 2.19. The van der Waals surface area contributed by atoms with Crippen LogP contribution >= 0.6 is 0 Å². The van der Waals surface area contributed by atoms with E-state index in [1.165, 1.54) is 19.3 Å². The lowest BCUT2D eigenvalue weighted by molar-refractivity contribution is -0.120. The van der Waals surface area contributed by atoms with Crippen molar-refractivity contribution in [2.75, 3.05) is 44.2 Å². The maximum Gasteiger partial charge on any atom is 0.239 e. The molecule has 2 aliphatic rings. The summed E-state index contributed by atoms with van der Waals surface area (Å²) >= 11 is 0. The van der Waals surface area contributed by atoms with Gasteiger partial charge >= 0.3 is 0 Å². The lowest BCUT2D eigenvalue weighted by Crippen LogP contribution is -2.47. The van der Waals surface area contributed by atoms with E-state index in [1.807, 2.05) is 17.0 Å². The van der Waals surface area contributed by atoms with Crippen molar-refractivity contribution >= 4 is 11.7 Å². The van der Waals surface area contributed by atoms with Crippen LogP contribution in [-0.4, -0.2) is 50.2 Å². The highest BCUT2D eigenvalue weighted by Gasteiger charge is 2.17. The highest BCUT2D eigenvalue weighted by atomic mass is 16.5. The van der Waals surface area contributed by atoms with Crippen LogP contribution in [0.25, 0.3) is 0 Å². The SMILES string of the molecule is O=C1CN(c2ccc(OCCCC3CCNCC3)cn2)CCN1. The first-order chi connectivity index (χ1) is 11.3. The summed E-state index contributed by atoms with van der Waals surface area (Å²) in [6.07, 6.45) is 6.68. The highest BCUT2D eigenvalue weighted by molar-refractivity contribution is 5.82. The fourth-order valence-electron chi connectivity index (χ4n) is 3.21. The molecule has 6 heteroatoms. The Morgan fingerprint density at radius 2 is 2.13 bits per heavy atom. The molecule has 0 unspecified atom stereocenters. The number of nitrogens with zero attached hydrogens (tertiary/aromatic N) is 2. The fourth-order valence-corrected chi connectivity index (χ4v) is 3.21. The third-order valence-electron chi connectivity index (χ3n) is 4.57. The van der Waals surface area contributed by atoms with Gasteiger partial charge in [0.25, 0.3) is 0 Å². The molecule has 0 saturated carbocycles. The van der Waals surface area contributed by atoms with Gasteiger partial charge in [0.2, 0.25) is 5.91 Å². The van der Waals surface area contributed by atoms with Crippen LogP contribution in [0.1, 0.15) is 25.7 Å². The molecule has 2 saturated heterocycles. The predicted molar refractivity (Wildman–Crippen MR) is 89.8 cm³/mol. The number of piperidine rings is 1. The second-order valence-corrected chi connectivity index (χ2v) is 6.31. The smallest absolute Gasteiger partial charge is 0.239 e. The maximum atomic E-state index is 11.4. The Bertz CT molecular complexity index is 500. The van der Waals surface area contributed by atoms with Gasteiger partial charge in [0.1, 0.15) is 11.6 Å². The van der Waals surface area contributed by atoms with Crippen LogP contribution in [0.4, 0.5) is 5.82 Å². The van der Waals surface area contributed by atoms with Crippen LogP contribution < -0.4 is 20.3 Å². The van der Waals surface area contributed by atoms with Gasteiger partial charge in [0.05, 0.1) is 19.3 Å². The first kappa shape index (κ1) is 16.1. The number of pyridine rings is 1. The van der Waals surface area contributed by atoms with Crippen molar-refractivity contribution in [2.45, 2.75) is 25.7 Å². The van der Waals surface area contributed by atoms with Crippen molar-refractivity contribution in [2.24, 2.45) is 5.92 Å². The Morgan fingerprint density at radius 3 is 2.87 bits per heavy atom. The van der Waals surface area contributed by atoms with E-state index < -0.39 is 0 Å². The molecule has 0 aromatic carbocycles. The van der Waals surface area contributed by atoms with Crippen molar-refractivity contribution in [1.29, 1.82) is 0 Å². The number of aromatic nitrogens is 1. The molecule has 3 rings (SSSR count). The lowest BCUT2D eigenvalue weighted by Gasteiger charge is -2.27. The van der Waals surface area contributed by atoms with Crippen LogP contribution in [-0.2, 0) is 4.79 Å². The summed E-state index contributed by atoms with van der Waals surface area (Å²) in [5, 5.41) is 6.21. The van der Waals surface area contributed by atoms with Gasteiger partial charge in [-0.3, -0.25) is 4.79 Å². The quantitative estimate of drug-likeness (QED) is 0.771. The number of carbonyl (C=O) groups excluding carboxylic acids is 1. The molecule has 0 aliphatic carbocycles. The molecular weight excluding hydrogens is 292 g/mol. The second-order valence-electron chi connectivity index (χ2n) is 6.31. The van der Waals surface area contributed by atoms with Crippen LogP contribution in [0, 0.1) is 5.92 Å². The lowest BCUT2D eigenvalue weighted by atomic mass is 9.93. The van der Waals surface area contributed by atoms with E-state index >= 15 is 0 Å². The van der Waals surface area contributed by atoms with Gasteiger partial charge in [-0.2, -0.15) is 0 Å². The number of ether oxygens (including phenoxy) is 1. The zero-order valence-corrected chi connectivity index (χ0v) is 13.6. The van der Waals surface area contributed by atoms with Crippen LogP contribution in [0.2, 0.25) is 0 Å². The first-order valence-electron chi connectivity index (χ1n) is 8.62. The minimum Gasteiger partial charge on any atom is -0.492 e. The average Bonchev–Trinajstić information content (AvgIpc) is 2.60. The molecule has 1 amide bonds. The van der Waals surface area contributed by atoms with E-state index in [0.29, 0.717) is 13.1 Å². The topological polar surface area (TPSA) is 66.5 Å². The molecule has 2 N–H and O–H groups in total. The molecule has 23 heavy (non-hydrogen) atoms. The van der Waals surface area contributed by atoms with Crippen LogP contribution in [0.3, 0.4) is 0 Å². The van der Waals surface area contributed by atoms with Gasteiger partial charge in [-0.05, 0) is 56.8 Å². The average molecular weight is 318 g/mol. The molecule has 1 aromatic rings. The van der Waals surface area contributed by atoms with Crippen LogP contribution in [0.5, 0.6) is 5.75 Å². The maximum absolute atomic E-state index is 11.4. The molecule has 0 spiro atoms. The number of nitrogens with one attached hydrogen (secondary N) is 2. The summed E-state index contributed by atoms with van der Waals surface area (Å²) in [6, 6.07) is 3.88. The molecule has 0 bridgehead atoms. The van der Waals surface area contributed by atoms with E-state index in [9.17, 15) is 4.79 Å². The summed E-state index contributed by atoms with van der Waals surface area (Å²) in [5.41, 5.74) is 0. The number of amides is 1. The van der Waals surface area contributed by atoms with E-state index in [-0.39, 0.29) is 5.91 Å². The second kappa shape index (κ2) is 8.15. The molecule has 0 radical (unpaired) electrons. The van der Waals surface area contributed by atoms with Gasteiger partial charge in [0.15, 0.2) is 0 Å². The minimum atomic E-state index is 0.0521. The molecule has 126 valence electrons. The number of carbonyl (C=O) groups is 1. The number of hydrogen-bond acceptors (Lipinski definition) is 5. The van der Waals surface area contributed by atoms with Crippen molar-refractivity contribution in [3.63, 3.8) is 0 Å². The Morgan fingerprint density at radius 1 is 1.26 bits per heavy atom. The van der Waals surface area contributed by atoms with E-state index in [2.05, 4.69) is 15.6 Å². The number of piperazine rings is 1. The predicted octanol–water partition coefficient (Wildman–Crippen LogP) is 1.18. The number of anilines is 1. The molecule has 1 aromatic heterocycles. The van der Waals surface area contributed by atoms with Crippen molar-refractivity contribution < 1.29 is 9.53 Å². The van der Waals surface area contributed by atoms with E-state index in [4.69, 9.17) is 4.74 Å². The van der Waals surface area contributed by atoms with Gasteiger partial charge in [-0.15, -0.1) is 0 Å². The molecule has 2 aliphatic heterocycles. The summed E-state index contributed by atoms with van der Waals surface area (Å²) in [4.78, 5) is 17.8. The van der Waals surface area contributed by atoms with E-state index in [1.54, 1.807) is 6.20 Å². The largest absolute Gasteiger partial charge is 0.492 e. The molecule has 0 atom stereocenters. The third kappa shape index (κ3) is 4.82. The number of hydrogen-bond donors (Lipinski definition) is 2.